The van der Waals surface area contributed by atoms with Gasteiger partial charge in [-0.1, -0.05) is 13.8 Å². The van der Waals surface area contributed by atoms with Crippen LogP contribution >= 0.6 is 0 Å². The molecule has 5 heteroatoms. The van der Waals surface area contributed by atoms with E-state index in [1.165, 1.54) is 6.42 Å². The number of carbonyl (C=O) groups excluding carboxylic acids is 1. The van der Waals surface area contributed by atoms with Gasteiger partial charge in [-0.2, -0.15) is 0 Å². The van der Waals surface area contributed by atoms with Crippen molar-refractivity contribution in [3.63, 3.8) is 0 Å². The van der Waals surface area contributed by atoms with E-state index < -0.39 is 0 Å². The SMILES string of the molecule is CCOc1cccn2c(C(=O)N3CCCCC3CC)c(CC)nc12. The van der Waals surface area contributed by atoms with Gasteiger partial charge in [-0.15, -0.1) is 0 Å². The van der Waals surface area contributed by atoms with Gasteiger partial charge in [0.15, 0.2) is 11.4 Å². The van der Waals surface area contributed by atoms with Crippen LogP contribution in [0.3, 0.4) is 0 Å². The molecular formula is C19H27N3O2. The highest BCUT2D eigenvalue weighted by Gasteiger charge is 2.30. The quantitative estimate of drug-likeness (QED) is 0.840. The van der Waals surface area contributed by atoms with Crippen LogP contribution in [0.1, 0.15) is 62.6 Å². The highest BCUT2D eigenvalue weighted by Crippen LogP contribution is 2.27. The summed E-state index contributed by atoms with van der Waals surface area (Å²) in [6.07, 6.45) is 7.06. The van der Waals surface area contributed by atoms with Gasteiger partial charge < -0.3 is 9.64 Å². The number of aryl methyl sites for hydroxylation is 1. The lowest BCUT2D eigenvalue weighted by Crippen LogP contribution is -2.44. The zero-order valence-electron chi connectivity index (χ0n) is 14.9. The lowest BCUT2D eigenvalue weighted by atomic mass is 9.99. The molecular weight excluding hydrogens is 302 g/mol. The second kappa shape index (κ2) is 7.24. The Bertz CT molecular complexity index is 723. The number of rotatable bonds is 5. The van der Waals surface area contributed by atoms with E-state index in [9.17, 15) is 4.79 Å². The van der Waals surface area contributed by atoms with Crippen molar-refractivity contribution < 1.29 is 9.53 Å². The standard InChI is InChI=1S/C19H27N3O2/c1-4-14-10-7-8-12-21(14)19(23)17-15(5-2)20-18-16(24-6-3)11-9-13-22(17)18/h9,11,13-14H,4-8,10,12H2,1-3H3. The minimum Gasteiger partial charge on any atom is -0.490 e. The van der Waals surface area contributed by atoms with Gasteiger partial charge in [0.1, 0.15) is 5.69 Å². The minimum atomic E-state index is 0.111. The number of aromatic nitrogens is 2. The molecule has 1 aliphatic heterocycles. The van der Waals surface area contributed by atoms with E-state index in [0.717, 1.165) is 49.3 Å². The molecule has 1 saturated heterocycles. The van der Waals surface area contributed by atoms with Crippen LogP contribution in [-0.4, -0.2) is 39.4 Å². The maximum Gasteiger partial charge on any atom is 0.273 e. The number of amides is 1. The zero-order valence-corrected chi connectivity index (χ0v) is 14.9. The largest absolute Gasteiger partial charge is 0.490 e. The van der Waals surface area contributed by atoms with Crippen molar-refractivity contribution in [2.75, 3.05) is 13.2 Å². The van der Waals surface area contributed by atoms with Crippen LogP contribution in [-0.2, 0) is 6.42 Å². The molecule has 3 heterocycles. The van der Waals surface area contributed by atoms with Crippen molar-refractivity contribution >= 4 is 11.6 Å². The highest BCUT2D eigenvalue weighted by atomic mass is 16.5. The maximum atomic E-state index is 13.3. The molecule has 1 fully saturated rings. The summed E-state index contributed by atoms with van der Waals surface area (Å²) in [5.41, 5.74) is 2.30. The molecule has 2 aromatic rings. The fourth-order valence-corrected chi connectivity index (χ4v) is 3.66. The molecule has 2 aromatic heterocycles. The number of nitrogens with zero attached hydrogens (tertiary/aromatic N) is 3. The van der Waals surface area contributed by atoms with Crippen LogP contribution in [0.15, 0.2) is 18.3 Å². The molecule has 5 nitrogen and oxygen atoms in total. The number of fused-ring (bicyclic) bond motifs is 1. The second-order valence-corrected chi connectivity index (χ2v) is 6.32. The Labute approximate surface area is 143 Å². The van der Waals surface area contributed by atoms with Gasteiger partial charge in [0.25, 0.3) is 5.91 Å². The smallest absolute Gasteiger partial charge is 0.273 e. The molecule has 0 N–H and O–H groups in total. The zero-order chi connectivity index (χ0) is 17.1. The summed E-state index contributed by atoms with van der Waals surface area (Å²) in [5.74, 6) is 0.846. The van der Waals surface area contributed by atoms with Crippen LogP contribution in [0.25, 0.3) is 5.65 Å². The van der Waals surface area contributed by atoms with Gasteiger partial charge in [0.2, 0.25) is 0 Å². The molecule has 0 aliphatic carbocycles. The van der Waals surface area contributed by atoms with Gasteiger partial charge in [-0.3, -0.25) is 9.20 Å². The fraction of sp³-hybridized carbons (Fsp3) is 0.579. The molecule has 0 saturated carbocycles. The first-order valence-corrected chi connectivity index (χ1v) is 9.14. The monoisotopic (exact) mass is 329 g/mol. The number of pyridine rings is 1. The highest BCUT2D eigenvalue weighted by molar-refractivity contribution is 5.95. The third-order valence-corrected chi connectivity index (χ3v) is 4.88. The van der Waals surface area contributed by atoms with Crippen LogP contribution < -0.4 is 4.74 Å². The summed E-state index contributed by atoms with van der Waals surface area (Å²) in [7, 11) is 0. The Balaban J connectivity index is 2.07. The molecule has 1 amide bonds. The van der Waals surface area contributed by atoms with E-state index in [1.54, 1.807) is 0 Å². The molecule has 1 atom stereocenters. The van der Waals surface area contributed by atoms with Crippen molar-refractivity contribution in [3.05, 3.63) is 29.7 Å². The van der Waals surface area contributed by atoms with Crippen LogP contribution in [0, 0.1) is 0 Å². The van der Waals surface area contributed by atoms with Crippen molar-refractivity contribution in [1.29, 1.82) is 0 Å². The topological polar surface area (TPSA) is 46.8 Å². The number of carbonyl (C=O) groups is 1. The molecule has 1 unspecified atom stereocenters. The van der Waals surface area contributed by atoms with Crippen molar-refractivity contribution in [3.8, 4) is 5.75 Å². The number of piperidine rings is 1. The lowest BCUT2D eigenvalue weighted by molar-refractivity contribution is 0.0599. The van der Waals surface area contributed by atoms with Gasteiger partial charge in [-0.05, 0) is 51.2 Å². The molecule has 0 spiro atoms. The lowest BCUT2D eigenvalue weighted by Gasteiger charge is -2.35. The number of likely N-dealkylation sites (tertiary alicyclic amines) is 1. The van der Waals surface area contributed by atoms with E-state index in [2.05, 4.69) is 11.8 Å². The molecule has 0 radical (unpaired) electrons. The van der Waals surface area contributed by atoms with Crippen molar-refractivity contribution in [2.45, 2.75) is 58.9 Å². The number of hydrogen-bond acceptors (Lipinski definition) is 3. The molecule has 24 heavy (non-hydrogen) atoms. The molecule has 0 bridgehead atoms. The summed E-state index contributed by atoms with van der Waals surface area (Å²) in [6, 6.07) is 4.18. The summed E-state index contributed by atoms with van der Waals surface area (Å²) in [6.45, 7) is 7.60. The van der Waals surface area contributed by atoms with E-state index in [1.807, 2.05) is 36.6 Å². The number of ether oxygens (including phenoxy) is 1. The Hall–Kier alpha value is -2.04. The molecule has 3 rings (SSSR count). The summed E-state index contributed by atoms with van der Waals surface area (Å²) in [5, 5.41) is 0. The Morgan fingerprint density at radius 1 is 1.33 bits per heavy atom. The normalized spacial score (nSPS) is 18.1. The van der Waals surface area contributed by atoms with E-state index in [-0.39, 0.29) is 5.91 Å². The van der Waals surface area contributed by atoms with Crippen LogP contribution in [0.2, 0.25) is 0 Å². The van der Waals surface area contributed by atoms with E-state index >= 15 is 0 Å². The average molecular weight is 329 g/mol. The summed E-state index contributed by atoms with van der Waals surface area (Å²) in [4.78, 5) is 20.1. The predicted octanol–water partition coefficient (Wildman–Crippen LogP) is 3.70. The van der Waals surface area contributed by atoms with Crippen LogP contribution in [0.4, 0.5) is 0 Å². The van der Waals surface area contributed by atoms with Crippen molar-refractivity contribution in [2.24, 2.45) is 0 Å². The minimum absolute atomic E-state index is 0.111. The van der Waals surface area contributed by atoms with Gasteiger partial charge in [-0.25, -0.2) is 4.98 Å². The van der Waals surface area contributed by atoms with Crippen molar-refractivity contribution in [1.82, 2.24) is 14.3 Å². The van der Waals surface area contributed by atoms with Gasteiger partial charge in [0.05, 0.1) is 12.3 Å². The molecule has 0 aromatic carbocycles. The number of imidazole rings is 1. The summed E-state index contributed by atoms with van der Waals surface area (Å²) < 4.78 is 7.60. The van der Waals surface area contributed by atoms with Crippen LogP contribution in [0.5, 0.6) is 5.75 Å². The predicted molar refractivity (Wildman–Crippen MR) is 94.7 cm³/mol. The second-order valence-electron chi connectivity index (χ2n) is 6.32. The Morgan fingerprint density at radius 2 is 2.17 bits per heavy atom. The Kier molecular flexibility index (Phi) is 5.07. The van der Waals surface area contributed by atoms with Gasteiger partial charge in [0, 0.05) is 18.8 Å². The molecule has 130 valence electrons. The fourth-order valence-electron chi connectivity index (χ4n) is 3.66. The van der Waals surface area contributed by atoms with Gasteiger partial charge >= 0.3 is 0 Å². The van der Waals surface area contributed by atoms with E-state index in [0.29, 0.717) is 18.3 Å². The maximum absolute atomic E-state index is 13.3. The Morgan fingerprint density at radius 3 is 2.88 bits per heavy atom. The number of hydrogen-bond donors (Lipinski definition) is 0. The third-order valence-electron chi connectivity index (χ3n) is 4.88. The molecule has 1 aliphatic rings. The van der Waals surface area contributed by atoms with E-state index in [4.69, 9.17) is 9.72 Å². The average Bonchev–Trinajstić information content (AvgIpc) is 3.01. The first-order chi connectivity index (χ1) is 11.7. The first kappa shape index (κ1) is 16.8. The third kappa shape index (κ3) is 2.87. The first-order valence-electron chi connectivity index (χ1n) is 9.14. The summed E-state index contributed by atoms with van der Waals surface area (Å²) >= 11 is 0.